The van der Waals surface area contributed by atoms with Gasteiger partial charge in [-0.2, -0.15) is 0 Å². The molecule has 3 fully saturated rings. The molecule has 0 spiro atoms. The molecule has 0 aromatic heterocycles. The Labute approximate surface area is 425 Å². The van der Waals surface area contributed by atoms with Crippen molar-refractivity contribution in [2.45, 2.75) is 89.3 Å². The molecule has 71 heavy (non-hydrogen) atoms. The molecule has 3 aromatic carbocycles. The molecule has 16 nitrogen and oxygen atoms in total. The standard InChI is InChI=1S/C54H78ClN7O9/c1-3-71-49-36-47(67-2)19-16-44(49)37-57-38-51(64)62-23-8-13-45(39-62)42-11-7-12-43(35-42)53(65)59-52(41-9-5-4-6-10-41)54(66)58-22-30-69-32-34-70-33-31-68-29-21-50(63)61-27-25-60(26-28-61)24-20-48(56)40-14-17-46(55)18-15-40/h7,11-12,14-19,35-36,41,45,48,52,57H,3-6,8-10,13,20-34,37-39,56H2,1-2H3,(H,58,66)(H,59,65)/t45?,48-,52+/m0/s1. The van der Waals surface area contributed by atoms with Gasteiger partial charge in [0.25, 0.3) is 5.91 Å². The average Bonchev–Trinajstić information content (AvgIpc) is 3.40. The van der Waals surface area contributed by atoms with Crippen LogP contribution in [0.1, 0.15) is 104 Å². The van der Waals surface area contributed by atoms with Crippen LogP contribution in [0.15, 0.2) is 66.7 Å². The summed E-state index contributed by atoms with van der Waals surface area (Å²) in [5, 5.41) is 10.1. The highest BCUT2D eigenvalue weighted by atomic mass is 35.5. The Morgan fingerprint density at radius 2 is 1.52 bits per heavy atom. The van der Waals surface area contributed by atoms with Crippen molar-refractivity contribution in [3.63, 3.8) is 0 Å². The molecule has 3 atom stereocenters. The summed E-state index contributed by atoms with van der Waals surface area (Å²) in [7, 11) is 1.62. The van der Waals surface area contributed by atoms with Gasteiger partial charge in [-0.3, -0.25) is 24.1 Å². The zero-order chi connectivity index (χ0) is 50.2. The Morgan fingerprint density at radius 1 is 0.789 bits per heavy atom. The molecular formula is C54H78ClN7O9. The van der Waals surface area contributed by atoms with Crippen molar-refractivity contribution in [1.29, 1.82) is 0 Å². The summed E-state index contributed by atoms with van der Waals surface area (Å²) in [6.07, 6.45) is 7.89. The number of carbonyl (C=O) groups is 4. The van der Waals surface area contributed by atoms with E-state index in [4.69, 9.17) is 41.0 Å². The average molecular weight is 1000 g/mol. The second-order valence-corrected chi connectivity index (χ2v) is 19.1. The summed E-state index contributed by atoms with van der Waals surface area (Å²) >= 11 is 6.00. The number of carbonyl (C=O) groups excluding carboxylic acids is 4. The van der Waals surface area contributed by atoms with E-state index < -0.39 is 6.04 Å². The van der Waals surface area contributed by atoms with E-state index in [1.54, 1.807) is 13.2 Å². The summed E-state index contributed by atoms with van der Waals surface area (Å²) in [6, 6.07) is 20.3. The molecular weight excluding hydrogens is 926 g/mol. The molecule has 1 aliphatic carbocycles. The number of methoxy groups -OCH3 is 1. The van der Waals surface area contributed by atoms with Crippen molar-refractivity contribution < 1.29 is 42.9 Å². The monoisotopic (exact) mass is 1000 g/mol. The minimum Gasteiger partial charge on any atom is -0.497 e. The molecule has 3 aromatic rings. The Hall–Kier alpha value is -4.81. The quantitative estimate of drug-likeness (QED) is 0.0651. The molecule has 0 bridgehead atoms. The Kier molecular flexibility index (Phi) is 23.7. The lowest BCUT2D eigenvalue weighted by molar-refractivity contribution is -0.134. The lowest BCUT2D eigenvalue weighted by Gasteiger charge is -2.35. The van der Waals surface area contributed by atoms with E-state index in [1.165, 1.54) is 0 Å². The van der Waals surface area contributed by atoms with Gasteiger partial charge in [0, 0.05) is 93.1 Å². The minimum atomic E-state index is -0.658. The van der Waals surface area contributed by atoms with Crippen LogP contribution in [0.3, 0.4) is 0 Å². The van der Waals surface area contributed by atoms with Gasteiger partial charge < -0.3 is 55.2 Å². The molecule has 17 heteroatoms. The van der Waals surface area contributed by atoms with Crippen LogP contribution in [0.4, 0.5) is 0 Å². The van der Waals surface area contributed by atoms with E-state index >= 15 is 0 Å². The topological polar surface area (TPSA) is 186 Å². The van der Waals surface area contributed by atoms with E-state index in [0.717, 1.165) is 93.4 Å². The molecule has 0 radical (unpaired) electrons. The molecule has 1 saturated carbocycles. The smallest absolute Gasteiger partial charge is 0.251 e. The molecule has 1 unspecified atom stereocenters. The normalized spacial score (nSPS) is 17.6. The maximum absolute atomic E-state index is 13.8. The van der Waals surface area contributed by atoms with Gasteiger partial charge in [0.1, 0.15) is 17.5 Å². The first-order valence-corrected chi connectivity index (χ1v) is 26.2. The number of likely N-dealkylation sites (tertiary alicyclic amines) is 1. The van der Waals surface area contributed by atoms with Gasteiger partial charge in [-0.05, 0) is 86.4 Å². The predicted octanol–water partition coefficient (Wildman–Crippen LogP) is 5.71. The van der Waals surface area contributed by atoms with E-state index in [2.05, 4.69) is 20.9 Å². The first kappa shape index (κ1) is 55.5. The number of hydrogen-bond donors (Lipinski definition) is 4. The third kappa shape index (κ3) is 18.3. The highest BCUT2D eigenvalue weighted by Gasteiger charge is 2.32. The number of piperazine rings is 1. The molecule has 2 heterocycles. The largest absolute Gasteiger partial charge is 0.497 e. The third-order valence-corrected chi connectivity index (χ3v) is 14.0. The SMILES string of the molecule is CCOc1cc(OC)ccc1CNCC(=O)N1CCCC(c2cccc(C(=O)N[C@@H](C(=O)NCCOCCOCCOCCC(=O)N3CCN(CC[C@H](N)c4ccc(Cl)cc4)CC3)C3CCCCC3)c2)C1. The summed E-state index contributed by atoms with van der Waals surface area (Å²) in [4.78, 5) is 59.8. The number of nitrogens with two attached hydrogens (primary N) is 1. The predicted molar refractivity (Wildman–Crippen MR) is 275 cm³/mol. The van der Waals surface area contributed by atoms with Crippen LogP contribution < -0.4 is 31.2 Å². The van der Waals surface area contributed by atoms with Crippen LogP contribution in [-0.4, -0.2) is 157 Å². The summed E-state index contributed by atoms with van der Waals surface area (Å²) in [6.45, 7) is 10.8. The zero-order valence-electron chi connectivity index (χ0n) is 42.0. The Balaban J connectivity index is 0.829. The lowest BCUT2D eigenvalue weighted by Crippen LogP contribution is -2.52. The van der Waals surface area contributed by atoms with Crippen molar-refractivity contribution in [1.82, 2.24) is 30.7 Å². The van der Waals surface area contributed by atoms with Crippen LogP contribution in [0.5, 0.6) is 11.5 Å². The number of benzene rings is 3. The van der Waals surface area contributed by atoms with E-state index in [0.29, 0.717) is 108 Å². The number of ether oxygens (including phenoxy) is 5. The maximum atomic E-state index is 13.8. The van der Waals surface area contributed by atoms with Gasteiger partial charge in [-0.25, -0.2) is 0 Å². The second-order valence-electron chi connectivity index (χ2n) is 18.7. The van der Waals surface area contributed by atoms with Crippen LogP contribution in [-0.2, 0) is 35.1 Å². The number of piperidine rings is 1. The van der Waals surface area contributed by atoms with Crippen molar-refractivity contribution in [2.75, 3.05) is 112 Å². The first-order valence-electron chi connectivity index (χ1n) is 25.8. The Morgan fingerprint density at radius 3 is 2.25 bits per heavy atom. The fourth-order valence-corrected chi connectivity index (χ4v) is 9.77. The van der Waals surface area contributed by atoms with E-state index in [1.807, 2.05) is 77.4 Å². The number of halogens is 1. The Bertz CT molecular complexity index is 2100. The maximum Gasteiger partial charge on any atom is 0.251 e. The highest BCUT2D eigenvalue weighted by molar-refractivity contribution is 6.30. The van der Waals surface area contributed by atoms with Crippen LogP contribution in [0, 0.1) is 5.92 Å². The van der Waals surface area contributed by atoms with Crippen molar-refractivity contribution in [3.05, 3.63) is 94.0 Å². The van der Waals surface area contributed by atoms with Gasteiger partial charge in [-0.15, -0.1) is 0 Å². The van der Waals surface area contributed by atoms with Crippen molar-refractivity contribution in [2.24, 2.45) is 11.7 Å². The second kappa shape index (κ2) is 30.3. The van der Waals surface area contributed by atoms with E-state index in [-0.39, 0.29) is 48.1 Å². The van der Waals surface area contributed by atoms with Gasteiger partial charge in [-0.1, -0.05) is 61.2 Å². The number of nitrogens with one attached hydrogen (secondary N) is 3. The summed E-state index contributed by atoms with van der Waals surface area (Å²) in [5.41, 5.74) is 9.92. The molecule has 3 aliphatic rings. The highest BCUT2D eigenvalue weighted by Crippen LogP contribution is 2.30. The van der Waals surface area contributed by atoms with Crippen LogP contribution in [0.25, 0.3) is 0 Å². The first-order chi connectivity index (χ1) is 34.6. The van der Waals surface area contributed by atoms with Crippen LogP contribution >= 0.6 is 11.6 Å². The third-order valence-electron chi connectivity index (χ3n) is 13.8. The van der Waals surface area contributed by atoms with E-state index in [9.17, 15) is 19.2 Å². The molecule has 4 amide bonds. The van der Waals surface area contributed by atoms with Crippen molar-refractivity contribution in [3.8, 4) is 11.5 Å². The summed E-state index contributed by atoms with van der Waals surface area (Å²) in [5.74, 6) is 1.23. The number of amides is 4. The molecule has 2 saturated heterocycles. The molecule has 6 rings (SSSR count). The fourth-order valence-electron chi connectivity index (χ4n) is 9.65. The van der Waals surface area contributed by atoms with Crippen molar-refractivity contribution >= 4 is 35.2 Å². The van der Waals surface area contributed by atoms with Crippen LogP contribution in [0.2, 0.25) is 5.02 Å². The molecule has 2 aliphatic heterocycles. The molecule has 5 N–H and O–H groups in total. The van der Waals surface area contributed by atoms with Gasteiger partial charge in [0.05, 0.1) is 66.3 Å². The fraction of sp³-hybridized carbons (Fsp3) is 0.593. The molecule has 390 valence electrons. The number of hydrogen-bond acceptors (Lipinski definition) is 12. The zero-order valence-corrected chi connectivity index (χ0v) is 42.8. The van der Waals surface area contributed by atoms with Gasteiger partial charge in [0.2, 0.25) is 17.7 Å². The van der Waals surface area contributed by atoms with Gasteiger partial charge >= 0.3 is 0 Å². The number of nitrogens with zero attached hydrogens (tertiary/aromatic N) is 3. The minimum absolute atomic E-state index is 0.0319. The number of rotatable bonds is 28. The summed E-state index contributed by atoms with van der Waals surface area (Å²) < 4.78 is 28.2. The lowest BCUT2D eigenvalue weighted by atomic mass is 9.83. The van der Waals surface area contributed by atoms with Gasteiger partial charge in [0.15, 0.2) is 0 Å².